The van der Waals surface area contributed by atoms with Crippen LogP contribution in [0, 0.1) is 6.92 Å². The number of nitrogens with one attached hydrogen (secondary N) is 1. The fraction of sp³-hybridized carbons (Fsp3) is 0.0667. The average Bonchev–Trinajstić information content (AvgIpc) is 2.86. The molecular formula is C15H13N3O2. The van der Waals surface area contributed by atoms with E-state index in [4.69, 9.17) is 0 Å². The molecule has 1 amide bonds. The number of aromatic nitrogens is 2. The molecule has 100 valence electrons. The van der Waals surface area contributed by atoms with Crippen molar-refractivity contribution in [3.8, 4) is 5.75 Å². The van der Waals surface area contributed by atoms with Gasteiger partial charge in [0.15, 0.2) is 0 Å². The van der Waals surface area contributed by atoms with Crippen molar-refractivity contribution in [2.24, 2.45) is 0 Å². The monoisotopic (exact) mass is 267 g/mol. The lowest BCUT2D eigenvalue weighted by Crippen LogP contribution is -2.12. The molecule has 0 aliphatic rings. The maximum absolute atomic E-state index is 12.3. The third-order valence-electron chi connectivity index (χ3n) is 3.13. The second-order valence-electron chi connectivity index (χ2n) is 4.54. The maximum atomic E-state index is 12.3. The molecule has 2 heterocycles. The molecule has 3 aromatic rings. The van der Waals surface area contributed by atoms with Crippen LogP contribution in [0.2, 0.25) is 0 Å². The van der Waals surface area contributed by atoms with Crippen LogP contribution in [0.4, 0.5) is 5.69 Å². The summed E-state index contributed by atoms with van der Waals surface area (Å²) in [7, 11) is 0. The molecule has 0 unspecified atom stereocenters. The zero-order valence-corrected chi connectivity index (χ0v) is 10.9. The van der Waals surface area contributed by atoms with Crippen LogP contribution in [0.25, 0.3) is 5.52 Å². The summed E-state index contributed by atoms with van der Waals surface area (Å²) in [5.74, 6) is -0.0449. The van der Waals surface area contributed by atoms with Crippen LogP contribution in [0.1, 0.15) is 15.9 Å². The van der Waals surface area contributed by atoms with Gasteiger partial charge in [-0.25, -0.2) is 4.52 Å². The van der Waals surface area contributed by atoms with Gasteiger partial charge in [0.1, 0.15) is 5.75 Å². The quantitative estimate of drug-likeness (QED) is 0.701. The number of benzene rings is 1. The summed E-state index contributed by atoms with van der Waals surface area (Å²) in [5, 5.41) is 16.3. The number of hydrogen-bond acceptors (Lipinski definition) is 3. The molecule has 5 heteroatoms. The molecule has 1 aromatic carbocycles. The average molecular weight is 267 g/mol. The van der Waals surface area contributed by atoms with E-state index in [9.17, 15) is 9.90 Å². The lowest BCUT2D eigenvalue weighted by molar-refractivity contribution is 0.102. The highest BCUT2D eigenvalue weighted by molar-refractivity contribution is 6.09. The number of hydrogen-bond donors (Lipinski definition) is 2. The first-order chi connectivity index (χ1) is 9.65. The highest BCUT2D eigenvalue weighted by Crippen LogP contribution is 2.21. The number of rotatable bonds is 2. The zero-order valence-electron chi connectivity index (χ0n) is 10.9. The fourth-order valence-electron chi connectivity index (χ4n) is 2.09. The third-order valence-corrected chi connectivity index (χ3v) is 3.13. The van der Waals surface area contributed by atoms with Crippen LogP contribution in [-0.2, 0) is 0 Å². The van der Waals surface area contributed by atoms with E-state index < -0.39 is 0 Å². The van der Waals surface area contributed by atoms with E-state index in [2.05, 4.69) is 10.4 Å². The largest absolute Gasteiger partial charge is 0.508 e. The molecule has 5 nitrogen and oxygen atoms in total. The number of carbonyl (C=O) groups is 1. The normalized spacial score (nSPS) is 10.7. The number of amides is 1. The van der Waals surface area contributed by atoms with Gasteiger partial charge in [-0.3, -0.25) is 4.79 Å². The standard InChI is InChI=1S/C15H13N3O2/c1-10-8-11(19)5-6-13(10)17-15(20)12-9-16-18-7-3-2-4-14(12)18/h2-9,19H,1H3,(H,17,20). The molecule has 0 saturated heterocycles. The molecule has 20 heavy (non-hydrogen) atoms. The van der Waals surface area contributed by atoms with E-state index in [1.807, 2.05) is 25.1 Å². The van der Waals surface area contributed by atoms with Gasteiger partial charge < -0.3 is 10.4 Å². The van der Waals surface area contributed by atoms with Crippen LogP contribution < -0.4 is 5.32 Å². The Kier molecular flexibility index (Phi) is 2.87. The van der Waals surface area contributed by atoms with Crippen LogP contribution in [-0.4, -0.2) is 20.6 Å². The summed E-state index contributed by atoms with van der Waals surface area (Å²) in [5.41, 5.74) is 2.73. The lowest BCUT2D eigenvalue weighted by Gasteiger charge is -2.07. The number of aryl methyl sites for hydroxylation is 1. The van der Waals surface area contributed by atoms with Crippen molar-refractivity contribution in [3.05, 3.63) is 59.9 Å². The van der Waals surface area contributed by atoms with Crippen molar-refractivity contribution in [1.29, 1.82) is 0 Å². The first-order valence-electron chi connectivity index (χ1n) is 6.18. The van der Waals surface area contributed by atoms with Crippen molar-refractivity contribution in [2.45, 2.75) is 6.92 Å². The Morgan fingerprint density at radius 3 is 2.95 bits per heavy atom. The summed E-state index contributed by atoms with van der Waals surface area (Å²) in [4.78, 5) is 12.3. The van der Waals surface area contributed by atoms with Gasteiger partial charge in [0.2, 0.25) is 0 Å². The number of pyridine rings is 1. The Morgan fingerprint density at radius 2 is 2.15 bits per heavy atom. The lowest BCUT2D eigenvalue weighted by atomic mass is 10.1. The highest BCUT2D eigenvalue weighted by Gasteiger charge is 2.13. The third kappa shape index (κ3) is 2.09. The molecule has 0 aliphatic carbocycles. The molecule has 0 saturated carbocycles. The van der Waals surface area contributed by atoms with Gasteiger partial charge >= 0.3 is 0 Å². The Bertz CT molecular complexity index is 793. The van der Waals surface area contributed by atoms with Gasteiger partial charge in [-0.05, 0) is 42.8 Å². The Balaban J connectivity index is 1.93. The molecule has 0 spiro atoms. The number of carbonyl (C=O) groups excluding carboxylic acids is 1. The molecule has 0 aliphatic heterocycles. The van der Waals surface area contributed by atoms with E-state index in [0.717, 1.165) is 11.1 Å². The smallest absolute Gasteiger partial charge is 0.259 e. The first kappa shape index (κ1) is 12.2. The van der Waals surface area contributed by atoms with Gasteiger partial charge in [-0.2, -0.15) is 5.10 Å². The first-order valence-corrected chi connectivity index (χ1v) is 6.18. The molecule has 2 aromatic heterocycles. The fourth-order valence-corrected chi connectivity index (χ4v) is 2.09. The molecule has 0 bridgehead atoms. The summed E-state index contributed by atoms with van der Waals surface area (Å²) >= 11 is 0. The van der Waals surface area contributed by atoms with E-state index in [0.29, 0.717) is 11.3 Å². The minimum absolute atomic E-state index is 0.177. The summed E-state index contributed by atoms with van der Waals surface area (Å²) in [6, 6.07) is 10.4. The maximum Gasteiger partial charge on any atom is 0.259 e. The SMILES string of the molecule is Cc1cc(O)ccc1NC(=O)c1cnn2ccccc12. The van der Waals surface area contributed by atoms with Crippen LogP contribution in [0.5, 0.6) is 5.75 Å². The second-order valence-corrected chi connectivity index (χ2v) is 4.54. The van der Waals surface area contributed by atoms with E-state index in [-0.39, 0.29) is 11.7 Å². The van der Waals surface area contributed by atoms with Crippen LogP contribution in [0.3, 0.4) is 0 Å². The predicted octanol–water partition coefficient (Wildman–Crippen LogP) is 2.60. The van der Waals surface area contributed by atoms with E-state index in [1.165, 1.54) is 0 Å². The van der Waals surface area contributed by atoms with Crippen LogP contribution in [0.15, 0.2) is 48.8 Å². The van der Waals surface area contributed by atoms with Crippen LogP contribution >= 0.6 is 0 Å². The summed E-state index contributed by atoms with van der Waals surface area (Å²) in [6.45, 7) is 1.82. The molecule has 0 radical (unpaired) electrons. The van der Waals surface area contributed by atoms with Gasteiger partial charge in [-0.1, -0.05) is 6.07 Å². The molecule has 0 atom stereocenters. The van der Waals surface area contributed by atoms with Gasteiger partial charge in [0.05, 0.1) is 17.3 Å². The Labute approximate surface area is 115 Å². The molecule has 2 N–H and O–H groups in total. The topological polar surface area (TPSA) is 66.6 Å². The second kappa shape index (κ2) is 4.70. The number of anilines is 1. The zero-order chi connectivity index (χ0) is 14.1. The minimum Gasteiger partial charge on any atom is -0.508 e. The summed E-state index contributed by atoms with van der Waals surface area (Å²) < 4.78 is 1.65. The van der Waals surface area contributed by atoms with Crippen molar-refractivity contribution in [3.63, 3.8) is 0 Å². The molecular weight excluding hydrogens is 254 g/mol. The molecule has 3 rings (SSSR count). The number of aromatic hydroxyl groups is 1. The van der Waals surface area contributed by atoms with E-state index >= 15 is 0 Å². The highest BCUT2D eigenvalue weighted by atomic mass is 16.3. The van der Waals surface area contributed by atoms with Crippen molar-refractivity contribution < 1.29 is 9.90 Å². The van der Waals surface area contributed by atoms with Crippen molar-refractivity contribution in [2.75, 3.05) is 5.32 Å². The Morgan fingerprint density at radius 1 is 1.30 bits per heavy atom. The van der Waals surface area contributed by atoms with E-state index in [1.54, 1.807) is 35.1 Å². The predicted molar refractivity (Wildman–Crippen MR) is 76.0 cm³/mol. The minimum atomic E-state index is -0.222. The number of phenolic OH excluding ortho intramolecular Hbond substituents is 1. The number of phenols is 1. The van der Waals surface area contributed by atoms with Gasteiger partial charge in [0, 0.05) is 11.9 Å². The molecule has 0 fully saturated rings. The summed E-state index contributed by atoms with van der Waals surface area (Å²) in [6.07, 6.45) is 3.33. The van der Waals surface area contributed by atoms with Gasteiger partial charge in [-0.15, -0.1) is 0 Å². The van der Waals surface area contributed by atoms with Crippen molar-refractivity contribution >= 4 is 17.1 Å². The van der Waals surface area contributed by atoms with Crippen molar-refractivity contribution in [1.82, 2.24) is 9.61 Å². The van der Waals surface area contributed by atoms with Gasteiger partial charge in [0.25, 0.3) is 5.91 Å². The number of nitrogens with zero attached hydrogens (tertiary/aromatic N) is 2. The number of fused-ring (bicyclic) bond motifs is 1. The Hall–Kier alpha value is -2.82.